The van der Waals surface area contributed by atoms with Crippen LogP contribution in [0.25, 0.3) is 16.0 Å². The van der Waals surface area contributed by atoms with Crippen molar-refractivity contribution in [1.82, 2.24) is 24.5 Å². The molecule has 3 aromatic heterocycles. The third kappa shape index (κ3) is 5.48. The van der Waals surface area contributed by atoms with Crippen LogP contribution in [0.5, 0.6) is 0 Å². The fraction of sp³-hybridized carbons (Fsp3) is 0.467. The summed E-state index contributed by atoms with van der Waals surface area (Å²) in [6, 6.07) is 4.83. The maximum Gasteiger partial charge on any atom is 0.254 e. The molecular formula is C30H38N6O2S. The van der Waals surface area contributed by atoms with Gasteiger partial charge in [0.2, 0.25) is 0 Å². The lowest BCUT2D eigenvalue weighted by Crippen LogP contribution is -2.43. The summed E-state index contributed by atoms with van der Waals surface area (Å²) in [5, 5.41) is 3.04. The van der Waals surface area contributed by atoms with Gasteiger partial charge in [-0.25, -0.2) is 4.99 Å². The number of hydrogen-bond donors (Lipinski definition) is 1. The molecule has 1 saturated heterocycles. The summed E-state index contributed by atoms with van der Waals surface area (Å²) in [6.45, 7) is 10.3. The monoisotopic (exact) mass is 546 g/mol. The van der Waals surface area contributed by atoms with E-state index in [9.17, 15) is 9.59 Å². The normalized spacial score (nSPS) is 19.9. The summed E-state index contributed by atoms with van der Waals surface area (Å²) in [6.07, 6.45) is 8.22. The highest BCUT2D eigenvalue weighted by molar-refractivity contribution is 7.13. The molecule has 206 valence electrons. The van der Waals surface area contributed by atoms with Crippen molar-refractivity contribution < 1.29 is 9.59 Å². The minimum Gasteiger partial charge on any atom is -0.351 e. The Morgan fingerprint density at radius 3 is 2.59 bits per heavy atom. The van der Waals surface area contributed by atoms with Crippen molar-refractivity contribution >= 4 is 34.4 Å². The molecule has 0 bridgehead atoms. The molecule has 0 spiro atoms. The zero-order valence-corrected chi connectivity index (χ0v) is 24.5. The van der Waals surface area contributed by atoms with Gasteiger partial charge in [-0.3, -0.25) is 19.5 Å². The van der Waals surface area contributed by atoms with E-state index >= 15 is 0 Å². The van der Waals surface area contributed by atoms with Crippen molar-refractivity contribution in [2.45, 2.75) is 52.6 Å². The van der Waals surface area contributed by atoms with E-state index in [1.54, 1.807) is 11.3 Å². The Labute approximate surface area is 234 Å². The number of aromatic nitrogens is 2. The van der Waals surface area contributed by atoms with Gasteiger partial charge in [-0.2, -0.15) is 0 Å². The zero-order chi connectivity index (χ0) is 27.8. The van der Waals surface area contributed by atoms with Crippen molar-refractivity contribution in [3.63, 3.8) is 0 Å². The van der Waals surface area contributed by atoms with Crippen LogP contribution in [0.3, 0.4) is 0 Å². The van der Waals surface area contributed by atoms with Crippen molar-refractivity contribution in [1.29, 1.82) is 0 Å². The molecule has 9 heteroatoms. The van der Waals surface area contributed by atoms with Gasteiger partial charge in [0, 0.05) is 72.2 Å². The van der Waals surface area contributed by atoms with E-state index in [2.05, 4.69) is 62.8 Å². The first kappa shape index (κ1) is 27.4. The van der Waals surface area contributed by atoms with Crippen LogP contribution in [-0.4, -0.2) is 76.5 Å². The number of hydrogen-bond acceptors (Lipinski definition) is 6. The molecule has 2 atom stereocenters. The first-order valence-corrected chi connectivity index (χ1v) is 14.5. The van der Waals surface area contributed by atoms with E-state index in [1.165, 1.54) is 0 Å². The molecular weight excluding hydrogens is 508 g/mol. The van der Waals surface area contributed by atoms with E-state index in [0.717, 1.165) is 58.7 Å². The summed E-state index contributed by atoms with van der Waals surface area (Å²) < 4.78 is 2.25. The lowest BCUT2D eigenvalue weighted by Gasteiger charge is -2.39. The maximum atomic E-state index is 13.6. The molecule has 5 heterocycles. The van der Waals surface area contributed by atoms with Crippen molar-refractivity contribution in [3.8, 4) is 10.4 Å². The van der Waals surface area contributed by atoms with E-state index in [4.69, 9.17) is 0 Å². The standard InChI is InChI=1S/C30H38N6O2S/c1-18-11-19(2)33-30(38)26(18)14-32-29(37)25-13-24-12-22(27-15-31-17-39-27)16-36(24)28(20(25)3)21(4)35-9-7-23(8-10-35)34(5)6/h11-13,15-17,21,23,26H,7-10,14H2,1-6H3,(H,32,37). The molecule has 0 radical (unpaired) electrons. The molecule has 3 aromatic rings. The number of nitrogens with zero attached hydrogens (tertiary/aromatic N) is 5. The molecule has 1 N–H and O–H groups in total. The number of allylic oxidation sites excluding steroid dienone is 1. The van der Waals surface area contributed by atoms with Crippen LogP contribution < -0.4 is 5.32 Å². The highest BCUT2D eigenvalue weighted by atomic mass is 32.1. The number of piperidine rings is 1. The number of carbonyl (C=O) groups excluding carboxylic acids is 2. The maximum absolute atomic E-state index is 13.6. The molecule has 0 aliphatic carbocycles. The van der Waals surface area contributed by atoms with Crippen LogP contribution in [0.1, 0.15) is 61.3 Å². The highest BCUT2D eigenvalue weighted by Gasteiger charge is 2.29. The molecule has 0 saturated carbocycles. The van der Waals surface area contributed by atoms with Crippen LogP contribution in [-0.2, 0) is 4.79 Å². The van der Waals surface area contributed by atoms with Gasteiger partial charge in [-0.1, -0.05) is 5.57 Å². The van der Waals surface area contributed by atoms with Crippen molar-refractivity contribution in [3.05, 3.63) is 58.5 Å². The Hall–Kier alpha value is -3.14. The number of thiazole rings is 1. The van der Waals surface area contributed by atoms with Crippen LogP contribution in [0, 0.1) is 12.8 Å². The van der Waals surface area contributed by atoms with Gasteiger partial charge < -0.3 is 14.6 Å². The molecule has 2 unspecified atom stereocenters. The predicted molar refractivity (Wildman–Crippen MR) is 158 cm³/mol. The van der Waals surface area contributed by atoms with E-state index < -0.39 is 5.92 Å². The lowest BCUT2D eigenvalue weighted by atomic mass is 9.95. The topological polar surface area (TPSA) is 82.3 Å². The number of likely N-dealkylation sites (tertiary alicyclic amines) is 1. The summed E-state index contributed by atoms with van der Waals surface area (Å²) in [5.41, 5.74) is 8.28. The molecule has 39 heavy (non-hydrogen) atoms. The Morgan fingerprint density at radius 1 is 1.21 bits per heavy atom. The van der Waals surface area contributed by atoms with Gasteiger partial charge in [0.15, 0.2) is 0 Å². The fourth-order valence-electron chi connectivity index (χ4n) is 6.03. The van der Waals surface area contributed by atoms with Crippen molar-refractivity contribution in [2.75, 3.05) is 33.7 Å². The summed E-state index contributed by atoms with van der Waals surface area (Å²) in [7, 11) is 4.32. The van der Waals surface area contributed by atoms with E-state index in [0.29, 0.717) is 17.3 Å². The molecule has 5 rings (SSSR count). The second-order valence-corrected chi connectivity index (χ2v) is 12.0. The highest BCUT2D eigenvalue weighted by Crippen LogP contribution is 2.34. The molecule has 8 nitrogen and oxygen atoms in total. The molecule has 1 fully saturated rings. The number of pyridine rings is 1. The third-order valence-corrected chi connectivity index (χ3v) is 9.18. The first-order valence-electron chi connectivity index (χ1n) is 13.6. The van der Waals surface area contributed by atoms with Crippen LogP contribution in [0.15, 0.2) is 46.7 Å². The zero-order valence-electron chi connectivity index (χ0n) is 23.7. The second kappa shape index (κ2) is 11.2. The molecule has 0 aromatic carbocycles. The van der Waals surface area contributed by atoms with Crippen LogP contribution in [0.4, 0.5) is 0 Å². The minimum absolute atomic E-state index is 0.132. The predicted octanol–water partition coefficient (Wildman–Crippen LogP) is 4.75. The SMILES string of the molecule is CC1=CC(C)=NC(=O)C1CNC(=O)c1cc2cc(-c3cncs3)cn2c(C(C)N2CCC(N(C)C)CC2)c1C. The number of nitrogens with one attached hydrogen (secondary N) is 1. The quantitative estimate of drug-likeness (QED) is 0.463. The van der Waals surface area contributed by atoms with Gasteiger partial charge in [-0.15, -0.1) is 11.3 Å². The van der Waals surface area contributed by atoms with Crippen LogP contribution in [0.2, 0.25) is 0 Å². The van der Waals surface area contributed by atoms with Gasteiger partial charge in [0.1, 0.15) is 0 Å². The molecule has 2 aliphatic heterocycles. The minimum atomic E-state index is -0.427. The van der Waals surface area contributed by atoms with Gasteiger partial charge >= 0.3 is 0 Å². The Kier molecular flexibility index (Phi) is 7.84. The fourth-order valence-corrected chi connectivity index (χ4v) is 6.63. The number of dihydropyridines is 1. The summed E-state index contributed by atoms with van der Waals surface area (Å²) >= 11 is 1.61. The Balaban J connectivity index is 1.48. The second-order valence-electron chi connectivity index (χ2n) is 11.1. The average Bonchev–Trinajstić information content (AvgIpc) is 3.57. The smallest absolute Gasteiger partial charge is 0.254 e. The van der Waals surface area contributed by atoms with Gasteiger partial charge in [-0.05, 0) is 78.4 Å². The lowest BCUT2D eigenvalue weighted by molar-refractivity contribution is -0.120. The summed E-state index contributed by atoms with van der Waals surface area (Å²) in [4.78, 5) is 40.4. The summed E-state index contributed by atoms with van der Waals surface area (Å²) in [5.74, 6) is -0.789. The number of amides is 2. The Morgan fingerprint density at radius 2 is 1.95 bits per heavy atom. The number of fused-ring (bicyclic) bond motifs is 1. The number of carbonyl (C=O) groups is 2. The first-order chi connectivity index (χ1) is 18.6. The Bertz CT molecular complexity index is 1440. The number of aliphatic imine (C=N–C) groups is 1. The third-order valence-electron chi connectivity index (χ3n) is 8.36. The van der Waals surface area contributed by atoms with Crippen molar-refractivity contribution in [2.24, 2.45) is 10.9 Å². The molecule has 2 amide bonds. The van der Waals surface area contributed by atoms with Crippen LogP contribution >= 0.6 is 11.3 Å². The van der Waals surface area contributed by atoms with Gasteiger partial charge in [0.25, 0.3) is 11.8 Å². The average molecular weight is 547 g/mol. The van der Waals surface area contributed by atoms with E-state index in [-0.39, 0.29) is 24.4 Å². The molecule has 2 aliphatic rings. The van der Waals surface area contributed by atoms with E-state index in [1.807, 2.05) is 44.6 Å². The largest absolute Gasteiger partial charge is 0.351 e. The van der Waals surface area contributed by atoms with Gasteiger partial charge in [0.05, 0.1) is 16.3 Å². The number of rotatable bonds is 7.